The highest BCUT2D eigenvalue weighted by atomic mass is 32.2. The quantitative estimate of drug-likeness (QED) is 0.852. The van der Waals surface area contributed by atoms with E-state index >= 15 is 0 Å². The van der Waals surface area contributed by atoms with Gasteiger partial charge in [-0.15, -0.1) is 10.2 Å². The highest BCUT2D eigenvalue weighted by molar-refractivity contribution is 8.00. The van der Waals surface area contributed by atoms with Crippen molar-refractivity contribution in [3.05, 3.63) is 23.9 Å². The molecule has 0 saturated heterocycles. The van der Waals surface area contributed by atoms with Crippen molar-refractivity contribution in [1.29, 1.82) is 0 Å². The Bertz CT molecular complexity index is 683. The number of aromatic nitrogens is 3. The van der Waals surface area contributed by atoms with Gasteiger partial charge < -0.3 is 0 Å². The van der Waals surface area contributed by atoms with E-state index in [9.17, 15) is 18.0 Å². The molecule has 1 aliphatic rings. The number of hydrogen-bond acceptors (Lipinski definition) is 4. The third-order valence-corrected chi connectivity index (χ3v) is 4.72. The Labute approximate surface area is 122 Å². The third kappa shape index (κ3) is 2.90. The minimum atomic E-state index is -4.42. The van der Waals surface area contributed by atoms with Crippen LogP contribution in [0.3, 0.4) is 0 Å². The van der Waals surface area contributed by atoms with Crippen LogP contribution in [0, 0.1) is 0 Å². The van der Waals surface area contributed by atoms with Gasteiger partial charge in [-0.2, -0.15) is 13.2 Å². The first kappa shape index (κ1) is 14.4. The molecule has 0 bridgehead atoms. The molecule has 1 fully saturated rings. The van der Waals surface area contributed by atoms with Crippen molar-refractivity contribution in [2.75, 3.05) is 0 Å². The zero-order valence-electron chi connectivity index (χ0n) is 10.9. The molecule has 2 aromatic heterocycles. The molecule has 1 unspecified atom stereocenters. The smallest absolute Gasteiger partial charge is 0.298 e. The van der Waals surface area contributed by atoms with Gasteiger partial charge in [-0.1, -0.05) is 18.2 Å². The topological polar surface area (TPSA) is 47.3 Å². The van der Waals surface area contributed by atoms with E-state index in [2.05, 4.69) is 10.2 Å². The summed E-state index contributed by atoms with van der Waals surface area (Å²) in [6.07, 6.45) is -0.339. The lowest BCUT2D eigenvalue weighted by atomic mass is 9.99. The minimum Gasteiger partial charge on any atom is -0.298 e. The molecule has 0 aromatic carbocycles. The van der Waals surface area contributed by atoms with E-state index < -0.39 is 11.7 Å². The zero-order chi connectivity index (χ0) is 15.0. The number of rotatable bonds is 2. The number of hydrogen-bond donors (Lipinski definition) is 0. The normalized spacial score (nSPS) is 20.1. The van der Waals surface area contributed by atoms with Crippen molar-refractivity contribution >= 4 is 23.2 Å². The molecule has 3 rings (SSSR count). The van der Waals surface area contributed by atoms with Gasteiger partial charge in [0, 0.05) is 12.6 Å². The molecule has 0 amide bonds. The second-order valence-electron chi connectivity index (χ2n) is 4.94. The molecule has 1 atom stereocenters. The molecule has 0 N–H and O–H groups in total. The minimum absolute atomic E-state index is 0.134. The van der Waals surface area contributed by atoms with Crippen LogP contribution >= 0.6 is 11.8 Å². The van der Waals surface area contributed by atoms with Crippen LogP contribution in [-0.2, 0) is 11.0 Å². The number of carbonyl (C=O) groups is 1. The van der Waals surface area contributed by atoms with E-state index in [-0.39, 0.29) is 11.0 Å². The highest BCUT2D eigenvalue weighted by Crippen LogP contribution is 2.33. The van der Waals surface area contributed by atoms with Crippen LogP contribution in [0.5, 0.6) is 0 Å². The van der Waals surface area contributed by atoms with Crippen LogP contribution in [0.15, 0.2) is 23.5 Å². The molecule has 112 valence electrons. The van der Waals surface area contributed by atoms with Crippen LogP contribution < -0.4 is 0 Å². The van der Waals surface area contributed by atoms with Gasteiger partial charge in [0.1, 0.15) is 5.78 Å². The fourth-order valence-corrected chi connectivity index (χ4v) is 3.46. The molecule has 1 saturated carbocycles. The van der Waals surface area contributed by atoms with Gasteiger partial charge in [0.2, 0.25) is 0 Å². The maximum Gasteiger partial charge on any atom is 0.417 e. The molecule has 1 aliphatic carbocycles. The van der Waals surface area contributed by atoms with E-state index in [0.29, 0.717) is 17.2 Å². The maximum absolute atomic E-state index is 12.8. The predicted octanol–water partition coefficient (Wildman–Crippen LogP) is 3.35. The van der Waals surface area contributed by atoms with Gasteiger partial charge in [0.25, 0.3) is 0 Å². The highest BCUT2D eigenvalue weighted by Gasteiger charge is 2.31. The summed E-state index contributed by atoms with van der Waals surface area (Å²) in [4.78, 5) is 11.8. The number of alkyl halides is 3. The van der Waals surface area contributed by atoms with Crippen LogP contribution in [0.4, 0.5) is 13.2 Å². The predicted molar refractivity (Wildman–Crippen MR) is 71.1 cm³/mol. The number of halogens is 3. The van der Waals surface area contributed by atoms with Crippen molar-refractivity contribution in [3.8, 4) is 0 Å². The Morgan fingerprint density at radius 2 is 2.05 bits per heavy atom. The number of fused-ring (bicyclic) bond motifs is 1. The van der Waals surface area contributed by atoms with E-state index in [1.807, 2.05) is 0 Å². The standard InChI is InChI=1S/C13H12F3N3OS/c14-13(15,16)8-5-6-11-17-18-12(19(11)7-8)21-10-4-2-1-3-9(10)20/h5-7,10H,1-4H2. The first-order valence-electron chi connectivity index (χ1n) is 6.56. The third-order valence-electron chi connectivity index (χ3n) is 3.44. The van der Waals surface area contributed by atoms with E-state index in [0.717, 1.165) is 31.5 Å². The molecule has 4 nitrogen and oxygen atoms in total. The fraction of sp³-hybridized carbons (Fsp3) is 0.462. The van der Waals surface area contributed by atoms with Crippen LogP contribution in [0.25, 0.3) is 5.65 Å². The Hall–Kier alpha value is -1.57. The molecule has 2 heterocycles. The van der Waals surface area contributed by atoms with Crippen molar-refractivity contribution in [1.82, 2.24) is 14.6 Å². The summed E-state index contributed by atoms with van der Waals surface area (Å²) < 4.78 is 39.6. The fourth-order valence-electron chi connectivity index (χ4n) is 2.32. The van der Waals surface area contributed by atoms with Crippen molar-refractivity contribution in [2.45, 2.75) is 42.3 Å². The van der Waals surface area contributed by atoms with Crippen LogP contribution in [0.2, 0.25) is 0 Å². The number of nitrogens with zero attached hydrogens (tertiary/aromatic N) is 3. The van der Waals surface area contributed by atoms with E-state index in [1.165, 1.54) is 22.2 Å². The van der Waals surface area contributed by atoms with Gasteiger partial charge in [0.05, 0.1) is 10.8 Å². The SMILES string of the molecule is O=C1CCCCC1Sc1nnc2ccc(C(F)(F)F)cn12. The largest absolute Gasteiger partial charge is 0.417 e. The first-order chi connectivity index (χ1) is 9.95. The lowest BCUT2D eigenvalue weighted by molar-refractivity contribution is -0.137. The molecular weight excluding hydrogens is 303 g/mol. The lowest BCUT2D eigenvalue weighted by Gasteiger charge is -2.18. The zero-order valence-corrected chi connectivity index (χ0v) is 11.7. The Morgan fingerprint density at radius 3 is 2.76 bits per heavy atom. The number of ketones is 1. The van der Waals surface area contributed by atoms with Gasteiger partial charge in [-0.25, -0.2) is 0 Å². The number of carbonyl (C=O) groups excluding carboxylic acids is 1. The van der Waals surface area contributed by atoms with Gasteiger partial charge in [-0.05, 0) is 25.0 Å². The summed E-state index contributed by atoms with van der Waals surface area (Å²) in [5.74, 6) is 0.134. The summed E-state index contributed by atoms with van der Waals surface area (Å²) in [6, 6.07) is 2.26. The summed E-state index contributed by atoms with van der Waals surface area (Å²) >= 11 is 1.20. The van der Waals surface area contributed by atoms with Gasteiger partial charge in [-0.3, -0.25) is 9.20 Å². The number of pyridine rings is 1. The Balaban J connectivity index is 1.93. The second-order valence-corrected chi connectivity index (χ2v) is 6.11. The average Bonchev–Trinajstić information content (AvgIpc) is 2.83. The second kappa shape index (κ2) is 5.32. The summed E-state index contributed by atoms with van der Waals surface area (Å²) in [5.41, 5.74) is -0.416. The summed E-state index contributed by atoms with van der Waals surface area (Å²) in [7, 11) is 0. The Morgan fingerprint density at radius 1 is 1.24 bits per heavy atom. The molecule has 0 radical (unpaired) electrons. The van der Waals surface area contributed by atoms with Gasteiger partial charge in [0.15, 0.2) is 10.8 Å². The van der Waals surface area contributed by atoms with Crippen molar-refractivity contribution < 1.29 is 18.0 Å². The molecule has 21 heavy (non-hydrogen) atoms. The molecule has 0 aliphatic heterocycles. The van der Waals surface area contributed by atoms with E-state index in [1.54, 1.807) is 0 Å². The Kier molecular flexibility index (Phi) is 3.64. The molecule has 0 spiro atoms. The van der Waals surface area contributed by atoms with Crippen molar-refractivity contribution in [2.24, 2.45) is 0 Å². The number of Topliss-reactive ketones (excluding diaryl/α,β-unsaturated/α-hetero) is 1. The first-order valence-corrected chi connectivity index (χ1v) is 7.44. The van der Waals surface area contributed by atoms with Gasteiger partial charge >= 0.3 is 6.18 Å². The molecular formula is C13H12F3N3OS. The lowest BCUT2D eigenvalue weighted by Crippen LogP contribution is -2.21. The number of thioether (sulfide) groups is 1. The average molecular weight is 315 g/mol. The van der Waals surface area contributed by atoms with Crippen LogP contribution in [0.1, 0.15) is 31.2 Å². The molecule has 8 heteroatoms. The maximum atomic E-state index is 12.8. The monoisotopic (exact) mass is 315 g/mol. The van der Waals surface area contributed by atoms with Crippen molar-refractivity contribution in [3.63, 3.8) is 0 Å². The summed E-state index contributed by atoms with van der Waals surface area (Å²) in [5, 5.41) is 7.84. The molecule has 2 aromatic rings. The van der Waals surface area contributed by atoms with Crippen LogP contribution in [-0.4, -0.2) is 25.6 Å². The van der Waals surface area contributed by atoms with E-state index in [4.69, 9.17) is 0 Å². The summed E-state index contributed by atoms with van der Waals surface area (Å²) in [6.45, 7) is 0.